The van der Waals surface area contributed by atoms with Gasteiger partial charge in [0.1, 0.15) is 24.7 Å². The Bertz CT molecular complexity index is 670. The van der Waals surface area contributed by atoms with Crippen LogP contribution in [-0.2, 0) is 14.3 Å². The van der Waals surface area contributed by atoms with E-state index >= 15 is 0 Å². The molecule has 2 aromatic rings. The number of benzene rings is 2. The summed E-state index contributed by atoms with van der Waals surface area (Å²) in [6.07, 6.45) is 0.146. The molecule has 0 fully saturated rings. The average Bonchev–Trinajstić information content (AvgIpc) is 2.65. The largest absolute Gasteiger partial charge is 0.490 e. The highest BCUT2D eigenvalue weighted by Gasteiger charge is 2.07. The van der Waals surface area contributed by atoms with Crippen molar-refractivity contribution in [1.29, 1.82) is 0 Å². The van der Waals surface area contributed by atoms with Crippen molar-refractivity contribution in [2.45, 2.75) is 12.8 Å². The third kappa shape index (κ3) is 6.95. The zero-order chi connectivity index (χ0) is 17.9. The Morgan fingerprint density at radius 2 is 1.44 bits per heavy atom. The van der Waals surface area contributed by atoms with Crippen LogP contribution in [0.25, 0.3) is 0 Å². The SMILES string of the molecule is COC(=O)CCC(=O)Nc1ccc(OCCOc2ccccc2)cc1. The lowest BCUT2D eigenvalue weighted by Crippen LogP contribution is -2.14. The number of ether oxygens (including phenoxy) is 3. The van der Waals surface area contributed by atoms with Gasteiger partial charge in [0.2, 0.25) is 5.91 Å². The summed E-state index contributed by atoms with van der Waals surface area (Å²) in [6, 6.07) is 16.5. The summed E-state index contributed by atoms with van der Waals surface area (Å²) in [7, 11) is 1.30. The second-order valence-corrected chi connectivity index (χ2v) is 5.16. The highest BCUT2D eigenvalue weighted by molar-refractivity contribution is 5.92. The van der Waals surface area contributed by atoms with E-state index in [2.05, 4.69) is 10.1 Å². The summed E-state index contributed by atoms with van der Waals surface area (Å²) in [5.41, 5.74) is 0.641. The Balaban J connectivity index is 1.68. The first-order valence-corrected chi connectivity index (χ1v) is 7.95. The molecule has 132 valence electrons. The number of carbonyl (C=O) groups excluding carboxylic acids is 2. The number of carbonyl (C=O) groups is 2. The molecular weight excluding hydrogens is 322 g/mol. The second-order valence-electron chi connectivity index (χ2n) is 5.16. The van der Waals surface area contributed by atoms with Crippen LogP contribution in [0.2, 0.25) is 0 Å². The second kappa shape index (κ2) is 9.97. The van der Waals surface area contributed by atoms with Gasteiger partial charge < -0.3 is 19.5 Å². The lowest BCUT2D eigenvalue weighted by Gasteiger charge is -2.09. The third-order valence-corrected chi connectivity index (χ3v) is 3.29. The summed E-state index contributed by atoms with van der Waals surface area (Å²) in [4.78, 5) is 22.7. The van der Waals surface area contributed by atoms with Gasteiger partial charge in [-0.3, -0.25) is 9.59 Å². The zero-order valence-corrected chi connectivity index (χ0v) is 14.1. The van der Waals surface area contributed by atoms with Gasteiger partial charge in [-0.2, -0.15) is 0 Å². The fraction of sp³-hybridized carbons (Fsp3) is 0.263. The molecule has 2 aromatic carbocycles. The first-order chi connectivity index (χ1) is 12.2. The highest BCUT2D eigenvalue weighted by atomic mass is 16.5. The maximum atomic E-state index is 11.7. The Hall–Kier alpha value is -3.02. The Labute approximate surface area is 146 Å². The number of hydrogen-bond acceptors (Lipinski definition) is 5. The summed E-state index contributed by atoms with van der Waals surface area (Å²) in [6.45, 7) is 0.857. The predicted octanol–water partition coefficient (Wildman–Crippen LogP) is 3.04. The van der Waals surface area contributed by atoms with Crippen LogP contribution in [0, 0.1) is 0 Å². The molecule has 25 heavy (non-hydrogen) atoms. The highest BCUT2D eigenvalue weighted by Crippen LogP contribution is 2.16. The summed E-state index contributed by atoms with van der Waals surface area (Å²) < 4.78 is 15.6. The molecule has 0 radical (unpaired) electrons. The van der Waals surface area contributed by atoms with Crippen molar-refractivity contribution in [3.8, 4) is 11.5 Å². The molecule has 0 heterocycles. The molecule has 0 atom stereocenters. The van der Waals surface area contributed by atoms with Crippen LogP contribution in [0.3, 0.4) is 0 Å². The van der Waals surface area contributed by atoms with Gasteiger partial charge in [0.25, 0.3) is 0 Å². The monoisotopic (exact) mass is 343 g/mol. The maximum Gasteiger partial charge on any atom is 0.306 e. The predicted molar refractivity (Wildman–Crippen MR) is 93.8 cm³/mol. The fourth-order valence-corrected chi connectivity index (χ4v) is 2.01. The molecular formula is C19H21NO5. The number of nitrogens with one attached hydrogen (secondary N) is 1. The zero-order valence-electron chi connectivity index (χ0n) is 14.1. The lowest BCUT2D eigenvalue weighted by molar-refractivity contribution is -0.141. The van der Waals surface area contributed by atoms with Gasteiger partial charge >= 0.3 is 5.97 Å². The van der Waals surface area contributed by atoms with Gasteiger partial charge in [-0.25, -0.2) is 0 Å². The fourth-order valence-electron chi connectivity index (χ4n) is 2.01. The van der Waals surface area contributed by atoms with E-state index in [-0.39, 0.29) is 18.7 Å². The summed E-state index contributed by atoms with van der Waals surface area (Å²) in [5.74, 6) is 0.840. The molecule has 2 rings (SSSR count). The van der Waals surface area contributed by atoms with Gasteiger partial charge in [-0.05, 0) is 36.4 Å². The number of anilines is 1. The van der Waals surface area contributed by atoms with E-state index in [1.54, 1.807) is 24.3 Å². The Kier molecular flexibility index (Phi) is 7.31. The normalized spacial score (nSPS) is 9.96. The minimum atomic E-state index is -0.406. The lowest BCUT2D eigenvalue weighted by atomic mass is 10.2. The van der Waals surface area contributed by atoms with Crippen molar-refractivity contribution in [3.63, 3.8) is 0 Å². The number of para-hydroxylation sites is 1. The Morgan fingerprint density at radius 1 is 0.840 bits per heavy atom. The number of methoxy groups -OCH3 is 1. The minimum Gasteiger partial charge on any atom is -0.490 e. The molecule has 6 heteroatoms. The number of rotatable bonds is 9. The van der Waals surface area contributed by atoms with Crippen molar-refractivity contribution in [3.05, 3.63) is 54.6 Å². The quantitative estimate of drug-likeness (QED) is 0.559. The van der Waals surface area contributed by atoms with E-state index < -0.39 is 5.97 Å². The summed E-state index contributed by atoms with van der Waals surface area (Å²) in [5, 5.41) is 2.71. The first kappa shape index (κ1) is 18.3. The molecule has 1 N–H and O–H groups in total. The van der Waals surface area contributed by atoms with Gasteiger partial charge in [-0.1, -0.05) is 18.2 Å². The molecule has 0 aliphatic rings. The van der Waals surface area contributed by atoms with Crippen LogP contribution in [0.5, 0.6) is 11.5 Å². The van der Waals surface area contributed by atoms with E-state index in [0.29, 0.717) is 24.7 Å². The molecule has 0 saturated carbocycles. The molecule has 0 saturated heterocycles. The van der Waals surface area contributed by atoms with Gasteiger partial charge in [0, 0.05) is 12.1 Å². The number of amides is 1. The maximum absolute atomic E-state index is 11.7. The van der Waals surface area contributed by atoms with Crippen molar-refractivity contribution in [2.24, 2.45) is 0 Å². The van der Waals surface area contributed by atoms with Crippen LogP contribution >= 0.6 is 0 Å². The topological polar surface area (TPSA) is 73.9 Å². The van der Waals surface area contributed by atoms with E-state index in [4.69, 9.17) is 9.47 Å². The van der Waals surface area contributed by atoms with Gasteiger partial charge in [0.15, 0.2) is 0 Å². The molecule has 0 aromatic heterocycles. The molecule has 0 unspecified atom stereocenters. The van der Waals surface area contributed by atoms with Crippen molar-refractivity contribution < 1.29 is 23.8 Å². The van der Waals surface area contributed by atoms with Crippen LogP contribution in [0.1, 0.15) is 12.8 Å². The van der Waals surface area contributed by atoms with Crippen LogP contribution in [0.15, 0.2) is 54.6 Å². The number of esters is 1. The Morgan fingerprint density at radius 3 is 2.04 bits per heavy atom. The molecule has 6 nitrogen and oxygen atoms in total. The minimum absolute atomic E-state index is 0.0605. The average molecular weight is 343 g/mol. The van der Waals surface area contributed by atoms with E-state index in [1.807, 2.05) is 30.3 Å². The third-order valence-electron chi connectivity index (χ3n) is 3.29. The molecule has 1 amide bonds. The van der Waals surface area contributed by atoms with E-state index in [1.165, 1.54) is 7.11 Å². The molecule has 0 bridgehead atoms. The van der Waals surface area contributed by atoms with Crippen LogP contribution in [0.4, 0.5) is 5.69 Å². The molecule has 0 spiro atoms. The number of hydrogen-bond donors (Lipinski definition) is 1. The smallest absolute Gasteiger partial charge is 0.306 e. The molecule has 0 aliphatic carbocycles. The van der Waals surface area contributed by atoms with Crippen LogP contribution in [-0.4, -0.2) is 32.2 Å². The molecule has 0 aliphatic heterocycles. The van der Waals surface area contributed by atoms with Crippen molar-refractivity contribution >= 4 is 17.6 Å². The van der Waals surface area contributed by atoms with Gasteiger partial charge in [0.05, 0.1) is 13.5 Å². The van der Waals surface area contributed by atoms with E-state index in [0.717, 1.165) is 5.75 Å². The van der Waals surface area contributed by atoms with E-state index in [9.17, 15) is 9.59 Å². The van der Waals surface area contributed by atoms with Crippen molar-refractivity contribution in [2.75, 3.05) is 25.6 Å². The van der Waals surface area contributed by atoms with Gasteiger partial charge in [-0.15, -0.1) is 0 Å². The first-order valence-electron chi connectivity index (χ1n) is 7.95. The standard InChI is InChI=1S/C19H21NO5/c1-23-19(22)12-11-18(21)20-15-7-9-17(10-8-15)25-14-13-24-16-5-3-2-4-6-16/h2-10H,11-14H2,1H3,(H,20,21). The van der Waals surface area contributed by atoms with Crippen LogP contribution < -0.4 is 14.8 Å². The summed E-state index contributed by atoms with van der Waals surface area (Å²) >= 11 is 0. The van der Waals surface area contributed by atoms with Crippen molar-refractivity contribution in [1.82, 2.24) is 0 Å².